The normalized spacial score (nSPS) is 14.1. The number of para-hydroxylation sites is 2. The second kappa shape index (κ2) is 7.48. The summed E-state index contributed by atoms with van der Waals surface area (Å²) in [4.78, 5) is 16.8. The van der Waals surface area contributed by atoms with Crippen LogP contribution in [0.2, 0.25) is 0 Å². The number of aromatic carboxylic acids is 1. The fraction of sp³-hybridized carbons (Fsp3) is 0.0769. The molecule has 1 heterocycles. The molecule has 3 aromatic carbocycles. The van der Waals surface area contributed by atoms with E-state index in [1.54, 1.807) is 0 Å². The maximum atomic E-state index is 12.0. The molecule has 30 heavy (non-hydrogen) atoms. The summed E-state index contributed by atoms with van der Waals surface area (Å²) >= 11 is 0. The highest BCUT2D eigenvalue weighted by Gasteiger charge is 2.26. The van der Waals surface area contributed by atoms with E-state index in [2.05, 4.69) is 6.08 Å². The van der Waals surface area contributed by atoms with Crippen LogP contribution < -0.4 is 4.74 Å². The maximum absolute atomic E-state index is 12.0. The van der Waals surface area contributed by atoms with Gasteiger partial charge in [0.1, 0.15) is 11.5 Å². The first-order chi connectivity index (χ1) is 14.7. The number of carboxylic acid groups (broad SMARTS) is 1. The van der Waals surface area contributed by atoms with Crippen LogP contribution in [-0.4, -0.2) is 16.1 Å². The van der Waals surface area contributed by atoms with Gasteiger partial charge in [0, 0.05) is 5.39 Å². The number of carbonyl (C=O) groups is 1. The van der Waals surface area contributed by atoms with Gasteiger partial charge in [-0.3, -0.25) is 0 Å². The first-order valence-electron chi connectivity index (χ1n) is 9.88. The highest BCUT2D eigenvalue weighted by Crippen LogP contribution is 2.37. The summed E-state index contributed by atoms with van der Waals surface area (Å²) in [5.74, 6) is 0.642. The second-order valence-corrected chi connectivity index (χ2v) is 7.29. The Balaban J connectivity index is 1.55. The highest BCUT2D eigenvalue weighted by atomic mass is 16.5. The Morgan fingerprint density at radius 2 is 1.67 bits per heavy atom. The van der Waals surface area contributed by atoms with E-state index >= 15 is 0 Å². The van der Waals surface area contributed by atoms with Crippen LogP contribution in [0.3, 0.4) is 0 Å². The molecule has 0 fully saturated rings. The molecule has 0 bridgehead atoms. The summed E-state index contributed by atoms with van der Waals surface area (Å²) in [7, 11) is 0. The van der Waals surface area contributed by atoms with Crippen molar-refractivity contribution in [1.82, 2.24) is 4.98 Å². The van der Waals surface area contributed by atoms with Crippen molar-refractivity contribution in [1.29, 1.82) is 0 Å². The number of rotatable bonds is 4. The van der Waals surface area contributed by atoms with Crippen molar-refractivity contribution in [3.63, 3.8) is 0 Å². The van der Waals surface area contributed by atoms with E-state index in [1.807, 2.05) is 78.9 Å². The molecule has 146 valence electrons. The van der Waals surface area contributed by atoms with Gasteiger partial charge in [0.2, 0.25) is 0 Å². The summed E-state index contributed by atoms with van der Waals surface area (Å²) in [5, 5.41) is 10.5. The van der Waals surface area contributed by atoms with E-state index in [0.29, 0.717) is 22.9 Å². The number of aromatic nitrogens is 1. The fourth-order valence-electron chi connectivity index (χ4n) is 4.02. The van der Waals surface area contributed by atoms with Gasteiger partial charge >= 0.3 is 5.97 Å². The third-order valence-corrected chi connectivity index (χ3v) is 5.33. The largest absolute Gasteiger partial charge is 0.478 e. The average molecular weight is 393 g/mol. The molecular formula is C26H19NO3. The number of ether oxygens (including phenoxy) is 1. The van der Waals surface area contributed by atoms with Gasteiger partial charge in [-0.05, 0) is 65.9 Å². The Kier molecular flexibility index (Phi) is 4.52. The van der Waals surface area contributed by atoms with Crippen molar-refractivity contribution in [2.24, 2.45) is 0 Å². The van der Waals surface area contributed by atoms with E-state index in [1.165, 1.54) is 0 Å². The predicted octanol–water partition coefficient (Wildman–Crippen LogP) is 6.21. The molecule has 0 spiro atoms. The van der Waals surface area contributed by atoms with Gasteiger partial charge in [-0.1, -0.05) is 48.5 Å². The van der Waals surface area contributed by atoms with Crippen molar-refractivity contribution in [3.05, 3.63) is 101 Å². The number of pyridine rings is 1. The third kappa shape index (κ3) is 3.33. The van der Waals surface area contributed by atoms with Crippen LogP contribution >= 0.6 is 0 Å². The molecule has 0 radical (unpaired) electrons. The average Bonchev–Trinajstić information content (AvgIpc) is 3.14. The molecule has 1 aliphatic rings. The molecule has 0 saturated carbocycles. The van der Waals surface area contributed by atoms with Gasteiger partial charge in [0.15, 0.2) is 0 Å². The molecule has 0 unspecified atom stereocenters. The molecule has 5 rings (SSSR count). The van der Waals surface area contributed by atoms with Crippen molar-refractivity contribution in [2.75, 3.05) is 0 Å². The van der Waals surface area contributed by atoms with Crippen LogP contribution in [0.1, 0.15) is 33.6 Å². The van der Waals surface area contributed by atoms with Crippen molar-refractivity contribution < 1.29 is 14.6 Å². The number of allylic oxidation sites excluding steroid dienone is 1. The summed E-state index contributed by atoms with van der Waals surface area (Å²) in [5.41, 5.74) is 4.75. The van der Waals surface area contributed by atoms with E-state index in [4.69, 9.17) is 9.72 Å². The van der Waals surface area contributed by atoms with E-state index in [9.17, 15) is 9.90 Å². The van der Waals surface area contributed by atoms with Crippen LogP contribution in [0.4, 0.5) is 0 Å². The Labute approximate surface area is 174 Å². The SMILES string of the molecule is O=C(O)c1c2c(nc3ccccc13)C(=Cc1cccc(Oc3ccccc3)c1)CC2. The lowest BCUT2D eigenvalue weighted by atomic mass is 10.0. The first-order valence-corrected chi connectivity index (χ1v) is 9.88. The monoisotopic (exact) mass is 393 g/mol. The zero-order valence-electron chi connectivity index (χ0n) is 16.2. The van der Waals surface area contributed by atoms with Crippen LogP contribution in [0.5, 0.6) is 11.5 Å². The van der Waals surface area contributed by atoms with Crippen LogP contribution in [0.25, 0.3) is 22.6 Å². The Bertz CT molecular complexity index is 1290. The van der Waals surface area contributed by atoms with E-state index in [0.717, 1.165) is 40.3 Å². The highest BCUT2D eigenvalue weighted by molar-refractivity contribution is 6.06. The first kappa shape index (κ1) is 18.1. The Morgan fingerprint density at radius 1 is 0.900 bits per heavy atom. The minimum absolute atomic E-state index is 0.375. The Morgan fingerprint density at radius 3 is 2.50 bits per heavy atom. The lowest BCUT2D eigenvalue weighted by molar-refractivity contribution is 0.0698. The minimum atomic E-state index is -0.899. The molecule has 1 aromatic heterocycles. The van der Waals surface area contributed by atoms with Gasteiger partial charge in [-0.15, -0.1) is 0 Å². The van der Waals surface area contributed by atoms with Gasteiger partial charge in [-0.2, -0.15) is 0 Å². The smallest absolute Gasteiger partial charge is 0.336 e. The van der Waals surface area contributed by atoms with Crippen LogP contribution in [-0.2, 0) is 6.42 Å². The molecule has 4 nitrogen and oxygen atoms in total. The Hall–Kier alpha value is -3.92. The fourth-order valence-corrected chi connectivity index (χ4v) is 4.02. The third-order valence-electron chi connectivity index (χ3n) is 5.33. The van der Waals surface area contributed by atoms with Crippen LogP contribution in [0, 0.1) is 0 Å². The lowest BCUT2D eigenvalue weighted by Gasteiger charge is -2.09. The molecule has 0 amide bonds. The van der Waals surface area contributed by atoms with Crippen LogP contribution in [0.15, 0.2) is 78.9 Å². The topological polar surface area (TPSA) is 59.4 Å². The summed E-state index contributed by atoms with van der Waals surface area (Å²) in [6.45, 7) is 0. The summed E-state index contributed by atoms with van der Waals surface area (Å²) in [6.07, 6.45) is 3.53. The number of nitrogens with zero attached hydrogens (tertiary/aromatic N) is 1. The zero-order valence-corrected chi connectivity index (χ0v) is 16.2. The zero-order chi connectivity index (χ0) is 20.5. The summed E-state index contributed by atoms with van der Waals surface area (Å²) in [6, 6.07) is 25.0. The number of hydrogen-bond acceptors (Lipinski definition) is 3. The minimum Gasteiger partial charge on any atom is -0.478 e. The predicted molar refractivity (Wildman–Crippen MR) is 118 cm³/mol. The van der Waals surface area contributed by atoms with Crippen molar-refractivity contribution in [2.45, 2.75) is 12.8 Å². The standard InChI is InChI=1S/C26H19NO3/c28-26(29)24-21-11-4-5-12-23(21)27-25-18(13-14-22(24)25)15-17-7-6-10-20(16-17)30-19-8-2-1-3-9-19/h1-12,15-16H,13-14H2,(H,28,29). The molecular weight excluding hydrogens is 374 g/mol. The number of benzene rings is 3. The molecule has 0 aliphatic heterocycles. The summed E-state index contributed by atoms with van der Waals surface area (Å²) < 4.78 is 5.94. The van der Waals surface area contributed by atoms with E-state index < -0.39 is 5.97 Å². The second-order valence-electron chi connectivity index (χ2n) is 7.29. The molecule has 4 aromatic rings. The number of hydrogen-bond donors (Lipinski definition) is 1. The lowest BCUT2D eigenvalue weighted by Crippen LogP contribution is -2.05. The molecule has 1 N–H and O–H groups in total. The van der Waals surface area contributed by atoms with Gasteiger partial charge in [-0.25, -0.2) is 9.78 Å². The van der Waals surface area contributed by atoms with Gasteiger partial charge < -0.3 is 9.84 Å². The van der Waals surface area contributed by atoms with Crippen molar-refractivity contribution >= 4 is 28.5 Å². The molecule has 0 saturated heterocycles. The van der Waals surface area contributed by atoms with Gasteiger partial charge in [0.05, 0.1) is 16.8 Å². The molecule has 0 atom stereocenters. The van der Waals surface area contributed by atoms with E-state index in [-0.39, 0.29) is 0 Å². The number of carboxylic acids is 1. The molecule has 4 heteroatoms. The molecule has 1 aliphatic carbocycles. The van der Waals surface area contributed by atoms with Gasteiger partial charge in [0.25, 0.3) is 0 Å². The quantitative estimate of drug-likeness (QED) is 0.448. The number of fused-ring (bicyclic) bond motifs is 2. The van der Waals surface area contributed by atoms with Crippen molar-refractivity contribution in [3.8, 4) is 11.5 Å². The maximum Gasteiger partial charge on any atom is 0.336 e.